The van der Waals surface area contributed by atoms with Crippen LogP contribution in [0.15, 0.2) is 53.0 Å². The van der Waals surface area contributed by atoms with Gasteiger partial charge in [-0.1, -0.05) is 40.2 Å². The molecule has 0 atom stereocenters. The van der Waals surface area contributed by atoms with Gasteiger partial charge in [-0.3, -0.25) is 4.79 Å². The summed E-state index contributed by atoms with van der Waals surface area (Å²) in [6.45, 7) is 0.794. The van der Waals surface area contributed by atoms with Crippen molar-refractivity contribution in [3.8, 4) is 11.5 Å². The van der Waals surface area contributed by atoms with E-state index in [1.165, 1.54) is 0 Å². The van der Waals surface area contributed by atoms with Gasteiger partial charge in [-0.05, 0) is 35.4 Å². The van der Waals surface area contributed by atoms with Crippen LogP contribution in [-0.4, -0.2) is 24.6 Å². The van der Waals surface area contributed by atoms with Gasteiger partial charge in [0.25, 0.3) is 0 Å². The molecule has 2 aromatic rings. The summed E-state index contributed by atoms with van der Waals surface area (Å²) in [6, 6.07) is 13.5. The number of hydrogen-bond donors (Lipinski definition) is 0. The van der Waals surface area contributed by atoms with E-state index in [2.05, 4.69) is 15.9 Å². The molecule has 5 heteroatoms. The van der Waals surface area contributed by atoms with Crippen molar-refractivity contribution in [1.82, 2.24) is 4.90 Å². The molecular weight excluding hydrogens is 358 g/mol. The van der Waals surface area contributed by atoms with E-state index in [1.807, 2.05) is 42.5 Å². The van der Waals surface area contributed by atoms with Gasteiger partial charge in [0.15, 0.2) is 11.5 Å². The highest BCUT2D eigenvalue weighted by Crippen LogP contribution is 2.32. The van der Waals surface area contributed by atoms with E-state index in [4.69, 9.17) is 9.47 Å². The molecule has 118 valence electrons. The highest BCUT2D eigenvalue weighted by atomic mass is 79.9. The summed E-state index contributed by atoms with van der Waals surface area (Å²) in [5.41, 5.74) is 1.97. The van der Waals surface area contributed by atoms with Crippen LogP contribution in [0.1, 0.15) is 11.1 Å². The molecule has 0 aliphatic carbocycles. The standard InChI is InChI=1S/C18H16BrNO3/c1-20(11-14-4-2-3-5-15(14)19)18(21)9-7-13-6-8-16-17(10-13)23-12-22-16/h2-10H,11-12H2,1H3/b9-7+. The van der Waals surface area contributed by atoms with Crippen LogP contribution in [0.4, 0.5) is 0 Å². The molecular formula is C18H16BrNO3. The third kappa shape index (κ3) is 3.74. The van der Waals surface area contributed by atoms with Gasteiger partial charge < -0.3 is 14.4 Å². The molecule has 0 N–H and O–H groups in total. The number of nitrogens with zero attached hydrogens (tertiary/aromatic N) is 1. The van der Waals surface area contributed by atoms with E-state index in [0.29, 0.717) is 12.3 Å². The normalized spacial score (nSPS) is 12.6. The Morgan fingerprint density at radius 2 is 2.00 bits per heavy atom. The Morgan fingerprint density at radius 1 is 1.22 bits per heavy atom. The molecule has 0 saturated heterocycles. The molecule has 1 aliphatic heterocycles. The predicted molar refractivity (Wildman–Crippen MR) is 92.2 cm³/mol. The zero-order valence-electron chi connectivity index (χ0n) is 12.7. The number of rotatable bonds is 4. The molecule has 23 heavy (non-hydrogen) atoms. The number of hydrogen-bond acceptors (Lipinski definition) is 3. The quantitative estimate of drug-likeness (QED) is 0.764. The first-order chi connectivity index (χ1) is 11.1. The molecule has 3 rings (SSSR count). The molecule has 0 aromatic heterocycles. The first-order valence-electron chi connectivity index (χ1n) is 7.20. The van der Waals surface area contributed by atoms with Crippen LogP contribution in [-0.2, 0) is 11.3 Å². The van der Waals surface area contributed by atoms with Crippen LogP contribution in [0.25, 0.3) is 6.08 Å². The van der Waals surface area contributed by atoms with Crippen molar-refractivity contribution < 1.29 is 14.3 Å². The number of carbonyl (C=O) groups excluding carboxylic acids is 1. The maximum Gasteiger partial charge on any atom is 0.246 e. The molecule has 0 spiro atoms. The van der Waals surface area contributed by atoms with Crippen LogP contribution in [0.5, 0.6) is 11.5 Å². The molecule has 0 unspecified atom stereocenters. The predicted octanol–water partition coefficient (Wildman–Crippen LogP) is 3.85. The van der Waals surface area contributed by atoms with Crippen LogP contribution >= 0.6 is 15.9 Å². The topological polar surface area (TPSA) is 38.8 Å². The van der Waals surface area contributed by atoms with Gasteiger partial charge in [0.1, 0.15) is 0 Å². The molecule has 1 heterocycles. The monoisotopic (exact) mass is 373 g/mol. The van der Waals surface area contributed by atoms with Crippen LogP contribution in [0.2, 0.25) is 0 Å². The van der Waals surface area contributed by atoms with E-state index in [9.17, 15) is 4.79 Å². The number of halogens is 1. The molecule has 0 bridgehead atoms. The van der Waals surface area contributed by atoms with Gasteiger partial charge in [-0.15, -0.1) is 0 Å². The SMILES string of the molecule is CN(Cc1ccccc1Br)C(=O)/C=C/c1ccc2c(c1)OCO2. The third-order valence-electron chi connectivity index (χ3n) is 3.56. The van der Waals surface area contributed by atoms with E-state index in [1.54, 1.807) is 24.1 Å². The number of fused-ring (bicyclic) bond motifs is 1. The largest absolute Gasteiger partial charge is 0.454 e. The van der Waals surface area contributed by atoms with Gasteiger partial charge >= 0.3 is 0 Å². The van der Waals surface area contributed by atoms with E-state index >= 15 is 0 Å². The Bertz CT molecular complexity index is 758. The van der Waals surface area contributed by atoms with Crippen LogP contribution < -0.4 is 9.47 Å². The first-order valence-corrected chi connectivity index (χ1v) is 7.99. The Labute approximate surface area is 143 Å². The second-order valence-corrected chi connectivity index (χ2v) is 6.09. The molecule has 0 radical (unpaired) electrons. The van der Waals surface area contributed by atoms with Crippen molar-refractivity contribution in [3.63, 3.8) is 0 Å². The molecule has 2 aromatic carbocycles. The lowest BCUT2D eigenvalue weighted by atomic mass is 10.2. The molecule has 4 nitrogen and oxygen atoms in total. The fraction of sp³-hybridized carbons (Fsp3) is 0.167. The number of amides is 1. The average Bonchev–Trinajstić information content (AvgIpc) is 3.02. The zero-order valence-corrected chi connectivity index (χ0v) is 14.2. The minimum Gasteiger partial charge on any atom is -0.454 e. The number of benzene rings is 2. The summed E-state index contributed by atoms with van der Waals surface area (Å²) in [5, 5.41) is 0. The van der Waals surface area contributed by atoms with Crippen molar-refractivity contribution in [2.75, 3.05) is 13.8 Å². The van der Waals surface area contributed by atoms with Crippen molar-refractivity contribution in [2.24, 2.45) is 0 Å². The van der Waals surface area contributed by atoms with Crippen LogP contribution in [0, 0.1) is 0 Å². The molecule has 0 saturated carbocycles. The lowest BCUT2D eigenvalue weighted by Gasteiger charge is -2.16. The van der Waals surface area contributed by atoms with E-state index < -0.39 is 0 Å². The Morgan fingerprint density at radius 3 is 2.83 bits per heavy atom. The Kier molecular flexibility index (Phi) is 4.67. The van der Waals surface area contributed by atoms with Gasteiger partial charge in [0.05, 0.1) is 0 Å². The van der Waals surface area contributed by atoms with Crippen molar-refractivity contribution in [3.05, 3.63) is 64.1 Å². The Balaban J connectivity index is 1.65. The lowest BCUT2D eigenvalue weighted by Crippen LogP contribution is -2.24. The number of carbonyl (C=O) groups is 1. The summed E-state index contributed by atoms with van der Waals surface area (Å²) in [5.74, 6) is 1.39. The molecule has 0 fully saturated rings. The van der Waals surface area contributed by atoms with Gasteiger partial charge in [0, 0.05) is 24.1 Å². The minimum atomic E-state index is -0.0570. The fourth-order valence-corrected chi connectivity index (χ4v) is 2.68. The Hall–Kier alpha value is -2.27. The second-order valence-electron chi connectivity index (χ2n) is 5.23. The lowest BCUT2D eigenvalue weighted by molar-refractivity contribution is -0.125. The fourth-order valence-electron chi connectivity index (χ4n) is 2.27. The summed E-state index contributed by atoms with van der Waals surface area (Å²) in [4.78, 5) is 13.9. The number of likely N-dealkylation sites (N-methyl/N-ethyl adjacent to an activating group) is 1. The zero-order chi connectivity index (χ0) is 16.2. The summed E-state index contributed by atoms with van der Waals surface area (Å²) < 4.78 is 11.6. The first kappa shape index (κ1) is 15.6. The second kappa shape index (κ2) is 6.87. The van der Waals surface area contributed by atoms with Gasteiger partial charge in [-0.25, -0.2) is 0 Å². The van der Waals surface area contributed by atoms with Crippen molar-refractivity contribution >= 4 is 27.9 Å². The van der Waals surface area contributed by atoms with E-state index in [-0.39, 0.29) is 12.7 Å². The summed E-state index contributed by atoms with van der Waals surface area (Å²) in [6.07, 6.45) is 3.34. The summed E-state index contributed by atoms with van der Waals surface area (Å²) in [7, 11) is 1.78. The third-order valence-corrected chi connectivity index (χ3v) is 4.33. The highest BCUT2D eigenvalue weighted by molar-refractivity contribution is 9.10. The summed E-state index contributed by atoms with van der Waals surface area (Å²) >= 11 is 3.50. The maximum absolute atomic E-state index is 12.2. The molecule has 1 amide bonds. The van der Waals surface area contributed by atoms with Crippen molar-refractivity contribution in [1.29, 1.82) is 0 Å². The smallest absolute Gasteiger partial charge is 0.246 e. The van der Waals surface area contributed by atoms with Crippen molar-refractivity contribution in [2.45, 2.75) is 6.54 Å². The van der Waals surface area contributed by atoms with E-state index in [0.717, 1.165) is 21.3 Å². The van der Waals surface area contributed by atoms with Gasteiger partial charge in [0.2, 0.25) is 12.7 Å². The van der Waals surface area contributed by atoms with Gasteiger partial charge in [-0.2, -0.15) is 0 Å². The average molecular weight is 374 g/mol. The van der Waals surface area contributed by atoms with Crippen LogP contribution in [0.3, 0.4) is 0 Å². The number of ether oxygens (including phenoxy) is 2. The highest BCUT2D eigenvalue weighted by Gasteiger charge is 2.12. The maximum atomic E-state index is 12.2. The minimum absolute atomic E-state index is 0.0570. The molecule has 1 aliphatic rings.